The zero-order valence-corrected chi connectivity index (χ0v) is 34.3. The molecule has 18 heteroatoms. The van der Waals surface area contributed by atoms with Crippen LogP contribution in [0.25, 0.3) is 10.8 Å². The molecule has 1 aromatic heterocycles. The van der Waals surface area contributed by atoms with Gasteiger partial charge in [-0.1, -0.05) is 32.4 Å². The first-order valence-corrected chi connectivity index (χ1v) is 21.1. The Morgan fingerprint density at radius 1 is 1.17 bits per heavy atom. The lowest BCUT2D eigenvalue weighted by molar-refractivity contribution is -0.142. The molecule has 58 heavy (non-hydrogen) atoms. The Morgan fingerprint density at radius 3 is 2.55 bits per heavy atom. The maximum atomic E-state index is 14.9. The van der Waals surface area contributed by atoms with E-state index in [9.17, 15) is 40.8 Å². The van der Waals surface area contributed by atoms with Gasteiger partial charge in [-0.25, -0.2) is 31.4 Å². The first-order chi connectivity index (χ1) is 27.2. The van der Waals surface area contributed by atoms with Gasteiger partial charge in [-0.3, -0.25) is 19.1 Å². The van der Waals surface area contributed by atoms with Crippen molar-refractivity contribution in [3.05, 3.63) is 42.4 Å². The molecule has 2 aliphatic carbocycles. The number of sulfonamides is 1. The number of aromatic nitrogens is 1. The lowest BCUT2D eigenvalue weighted by Crippen LogP contribution is -2.59. The van der Waals surface area contributed by atoms with E-state index in [4.69, 9.17) is 14.2 Å². The van der Waals surface area contributed by atoms with Crippen LogP contribution in [0.2, 0.25) is 0 Å². The molecule has 14 nitrogen and oxygen atoms in total. The average molecular weight is 836 g/mol. The quantitative estimate of drug-likeness (QED) is 0.271. The van der Waals surface area contributed by atoms with Gasteiger partial charge in [-0.05, 0) is 94.7 Å². The number of hydrogen-bond acceptors (Lipinski definition) is 10. The SMILES string of the molecule is CC[C@@H]1C[C@@H](C)CC/C=C\[C@@H]2C[C@@]2(C(=O)NS(=O)(=O)C2(C)CC2)NC(=O)[C@@H]2C[C@@H](Oc3nccc4cc(OC)c(F)cc34)CN2C(=O)[C@H]1NC(=O)OC(C)(C)C(F)F. The highest BCUT2D eigenvalue weighted by Gasteiger charge is 2.63. The summed E-state index contributed by atoms with van der Waals surface area (Å²) in [6, 6.07) is 1.64. The Morgan fingerprint density at radius 2 is 1.90 bits per heavy atom. The van der Waals surface area contributed by atoms with Crippen LogP contribution in [0.3, 0.4) is 0 Å². The zero-order valence-electron chi connectivity index (χ0n) is 33.5. The Kier molecular flexibility index (Phi) is 12.0. The summed E-state index contributed by atoms with van der Waals surface area (Å²) in [5.41, 5.74) is -3.83. The highest BCUT2D eigenvalue weighted by molar-refractivity contribution is 7.91. The minimum atomic E-state index is -4.08. The highest BCUT2D eigenvalue weighted by Crippen LogP contribution is 2.48. The van der Waals surface area contributed by atoms with Gasteiger partial charge in [-0.15, -0.1) is 0 Å². The van der Waals surface area contributed by atoms with Crippen LogP contribution in [-0.2, 0) is 29.1 Å². The minimum absolute atomic E-state index is 0.00211. The Labute approximate surface area is 336 Å². The fourth-order valence-corrected chi connectivity index (χ4v) is 9.12. The Balaban J connectivity index is 1.37. The predicted octanol–water partition coefficient (Wildman–Crippen LogP) is 5.15. The molecule has 1 saturated heterocycles. The van der Waals surface area contributed by atoms with Crippen LogP contribution in [-0.4, -0.2) is 96.3 Å². The molecule has 3 heterocycles. The van der Waals surface area contributed by atoms with Crippen LogP contribution < -0.4 is 24.8 Å². The standard InChI is InChI=1S/C40H52F3N5O9S/c1-7-23-16-22(2)10-8-9-11-25-20-40(25,36(51)47-58(53,54)39(5)13-14-39)46-32(49)29-18-26(56-33-27-19-28(41)30(55-6)17-24(27)12-15-44-33)21-48(29)34(50)31(23)45-37(52)57-38(3,4)35(42)43/h9,11-12,15,17,19,22-23,25-26,29,31,35H,7-8,10,13-14,16,18,20-21H2,1-6H3,(H,45,52)(H,46,49)(H,47,51)/b11-9-/t22-,23+,25+,26+,29-,31-,40+/m0/s1. The fourth-order valence-electron chi connectivity index (χ4n) is 7.81. The molecule has 0 radical (unpaired) electrons. The van der Waals surface area contributed by atoms with Crippen LogP contribution in [0, 0.1) is 23.6 Å². The molecule has 0 bridgehead atoms. The van der Waals surface area contributed by atoms with Crippen molar-refractivity contribution in [2.45, 2.75) is 126 Å². The number of pyridine rings is 1. The topological polar surface area (TPSA) is 182 Å². The van der Waals surface area contributed by atoms with Gasteiger partial charge in [0.25, 0.3) is 12.3 Å². The van der Waals surface area contributed by atoms with E-state index < -0.39 is 92.0 Å². The van der Waals surface area contributed by atoms with Gasteiger partial charge in [0.2, 0.25) is 27.7 Å². The van der Waals surface area contributed by atoms with Crippen molar-refractivity contribution in [1.29, 1.82) is 0 Å². The van der Waals surface area contributed by atoms with Crippen molar-refractivity contribution in [2.75, 3.05) is 13.7 Å². The maximum absolute atomic E-state index is 14.9. The smallest absolute Gasteiger partial charge is 0.408 e. The van der Waals surface area contributed by atoms with Crippen LogP contribution >= 0.6 is 0 Å². The van der Waals surface area contributed by atoms with E-state index in [2.05, 4.69) is 20.3 Å². The number of amides is 4. The zero-order chi connectivity index (χ0) is 42.4. The molecular weight excluding hydrogens is 784 g/mol. The molecule has 7 atom stereocenters. The second-order valence-corrected chi connectivity index (χ2v) is 19.1. The summed E-state index contributed by atoms with van der Waals surface area (Å²) in [7, 11) is -2.75. The van der Waals surface area contributed by atoms with E-state index in [0.29, 0.717) is 49.3 Å². The monoisotopic (exact) mass is 835 g/mol. The normalized spacial score (nSPS) is 29.2. The van der Waals surface area contributed by atoms with Crippen molar-refractivity contribution in [2.24, 2.45) is 17.8 Å². The van der Waals surface area contributed by atoms with E-state index in [-0.39, 0.29) is 36.9 Å². The summed E-state index contributed by atoms with van der Waals surface area (Å²) in [4.78, 5) is 62.1. The van der Waals surface area contributed by atoms with Gasteiger partial charge in [0, 0.05) is 23.9 Å². The van der Waals surface area contributed by atoms with Gasteiger partial charge < -0.3 is 29.7 Å². The number of fused-ring (bicyclic) bond motifs is 3. The number of methoxy groups -OCH3 is 1. The summed E-state index contributed by atoms with van der Waals surface area (Å²) in [6.45, 7) is 7.20. The number of allylic oxidation sites excluding steroid dienone is 1. The largest absolute Gasteiger partial charge is 0.494 e. The first kappa shape index (κ1) is 43.0. The number of alkyl halides is 2. The second kappa shape index (κ2) is 16.2. The Hall–Kier alpha value is -4.61. The average Bonchev–Trinajstić information content (AvgIpc) is 4.04. The third-order valence-electron chi connectivity index (χ3n) is 12.0. The molecule has 3 N–H and O–H groups in total. The van der Waals surface area contributed by atoms with E-state index >= 15 is 0 Å². The summed E-state index contributed by atoms with van der Waals surface area (Å²) in [5.74, 6) is -4.13. The van der Waals surface area contributed by atoms with E-state index in [1.165, 1.54) is 37.3 Å². The number of nitrogens with zero attached hydrogens (tertiary/aromatic N) is 2. The number of carbonyl (C=O) groups is 4. The summed E-state index contributed by atoms with van der Waals surface area (Å²) < 4.78 is 86.4. The van der Waals surface area contributed by atoms with E-state index in [1.54, 1.807) is 12.1 Å². The van der Waals surface area contributed by atoms with Crippen molar-refractivity contribution >= 4 is 44.6 Å². The fraction of sp³-hybridized carbons (Fsp3) is 0.625. The molecule has 4 aliphatic rings. The summed E-state index contributed by atoms with van der Waals surface area (Å²) >= 11 is 0. The molecule has 0 unspecified atom stereocenters. The molecular formula is C40H52F3N5O9S. The molecule has 1 aromatic carbocycles. The molecule has 2 aromatic rings. The van der Waals surface area contributed by atoms with E-state index in [1.807, 2.05) is 19.9 Å². The molecule has 4 amide bonds. The van der Waals surface area contributed by atoms with Crippen molar-refractivity contribution < 1.29 is 55.0 Å². The van der Waals surface area contributed by atoms with Crippen LogP contribution in [0.15, 0.2) is 36.5 Å². The number of ether oxygens (including phenoxy) is 3. The highest BCUT2D eigenvalue weighted by atomic mass is 32.2. The number of alkyl carbamates (subject to hydrolysis) is 1. The predicted molar refractivity (Wildman–Crippen MR) is 206 cm³/mol. The number of halogens is 3. The first-order valence-electron chi connectivity index (χ1n) is 19.7. The summed E-state index contributed by atoms with van der Waals surface area (Å²) in [6.07, 6.45) is 2.66. The number of rotatable bonds is 10. The van der Waals surface area contributed by atoms with Crippen LogP contribution in [0.1, 0.15) is 86.0 Å². The van der Waals surface area contributed by atoms with Crippen molar-refractivity contribution in [3.8, 4) is 11.6 Å². The van der Waals surface area contributed by atoms with E-state index in [0.717, 1.165) is 13.8 Å². The van der Waals surface area contributed by atoms with Crippen LogP contribution in [0.5, 0.6) is 11.6 Å². The lowest BCUT2D eigenvalue weighted by atomic mass is 9.85. The lowest BCUT2D eigenvalue weighted by Gasteiger charge is -2.34. The molecule has 3 fully saturated rings. The van der Waals surface area contributed by atoms with Crippen LogP contribution in [0.4, 0.5) is 18.0 Å². The van der Waals surface area contributed by atoms with Crippen molar-refractivity contribution in [1.82, 2.24) is 25.2 Å². The number of hydrogen-bond donors (Lipinski definition) is 3. The molecule has 6 rings (SSSR count). The summed E-state index contributed by atoms with van der Waals surface area (Å²) in [5, 5.41) is 6.17. The van der Waals surface area contributed by atoms with Gasteiger partial charge in [-0.2, -0.15) is 0 Å². The van der Waals surface area contributed by atoms with Crippen molar-refractivity contribution in [3.63, 3.8) is 0 Å². The third kappa shape index (κ3) is 8.71. The molecule has 2 saturated carbocycles. The number of nitrogens with one attached hydrogen (secondary N) is 3. The maximum Gasteiger partial charge on any atom is 0.408 e. The second-order valence-electron chi connectivity index (χ2n) is 16.9. The molecule has 2 aliphatic heterocycles. The van der Waals surface area contributed by atoms with Gasteiger partial charge >= 0.3 is 6.09 Å². The van der Waals surface area contributed by atoms with Gasteiger partial charge in [0.1, 0.15) is 23.7 Å². The number of benzene rings is 1. The minimum Gasteiger partial charge on any atom is -0.494 e. The third-order valence-corrected chi connectivity index (χ3v) is 14.2. The molecule has 0 spiro atoms. The Bertz CT molecular complexity index is 2080. The van der Waals surface area contributed by atoms with Gasteiger partial charge in [0.05, 0.1) is 18.4 Å². The molecule has 318 valence electrons. The number of carbonyl (C=O) groups excluding carboxylic acids is 4. The van der Waals surface area contributed by atoms with Gasteiger partial charge in [0.15, 0.2) is 17.2 Å².